The van der Waals surface area contributed by atoms with Crippen LogP contribution in [0.2, 0.25) is 0 Å². The molecule has 0 fully saturated rings. The van der Waals surface area contributed by atoms with Crippen LogP contribution in [-0.4, -0.2) is 15.0 Å². The second-order valence-corrected chi connectivity index (χ2v) is 7.09. The standard InChI is InChI=1S/C13H18BrNO2S/c1-10(2)13(14)8-9-15-18(16,17)12-6-4-11(3)5-7-12/h4-7,15H,8-9H2,1-3H3. The zero-order valence-corrected chi connectivity index (χ0v) is 13.2. The van der Waals surface area contributed by atoms with Gasteiger partial charge in [-0.1, -0.05) is 39.2 Å². The highest BCUT2D eigenvalue weighted by atomic mass is 79.9. The molecule has 0 saturated heterocycles. The van der Waals surface area contributed by atoms with Crippen LogP contribution in [0.15, 0.2) is 39.2 Å². The summed E-state index contributed by atoms with van der Waals surface area (Å²) in [6.45, 7) is 6.29. The quantitative estimate of drug-likeness (QED) is 0.899. The normalized spacial score (nSPS) is 11.3. The molecule has 5 heteroatoms. The molecule has 0 aliphatic rings. The first kappa shape index (κ1) is 15.4. The lowest BCUT2D eigenvalue weighted by Crippen LogP contribution is -2.24. The summed E-state index contributed by atoms with van der Waals surface area (Å²) in [5, 5.41) is 0. The number of allylic oxidation sites excluding steroid dienone is 1. The van der Waals surface area contributed by atoms with Gasteiger partial charge in [0.1, 0.15) is 0 Å². The van der Waals surface area contributed by atoms with E-state index in [0.29, 0.717) is 17.9 Å². The molecule has 1 rings (SSSR count). The zero-order chi connectivity index (χ0) is 13.8. The maximum atomic E-state index is 12.0. The SMILES string of the molecule is CC(C)=C(Br)CCNS(=O)(=O)c1ccc(C)cc1. The van der Waals surface area contributed by atoms with E-state index in [1.807, 2.05) is 20.8 Å². The van der Waals surface area contributed by atoms with Crippen LogP contribution < -0.4 is 4.72 Å². The number of aryl methyl sites for hydroxylation is 1. The zero-order valence-electron chi connectivity index (χ0n) is 10.8. The smallest absolute Gasteiger partial charge is 0.211 e. The van der Waals surface area contributed by atoms with Crippen molar-refractivity contribution in [1.82, 2.24) is 4.72 Å². The van der Waals surface area contributed by atoms with Crippen molar-refractivity contribution in [3.63, 3.8) is 0 Å². The van der Waals surface area contributed by atoms with Gasteiger partial charge in [0.15, 0.2) is 0 Å². The van der Waals surface area contributed by atoms with E-state index in [4.69, 9.17) is 0 Å². The maximum Gasteiger partial charge on any atom is 0.240 e. The first-order valence-corrected chi connectivity index (χ1v) is 7.99. The minimum Gasteiger partial charge on any atom is -0.211 e. The first-order chi connectivity index (χ1) is 8.33. The summed E-state index contributed by atoms with van der Waals surface area (Å²) in [6, 6.07) is 6.82. The van der Waals surface area contributed by atoms with Crippen LogP contribution in [0.1, 0.15) is 25.8 Å². The Kier molecular flexibility index (Phi) is 5.56. The molecule has 0 aliphatic carbocycles. The molecule has 0 saturated carbocycles. The highest BCUT2D eigenvalue weighted by Gasteiger charge is 2.12. The van der Waals surface area contributed by atoms with E-state index in [2.05, 4.69) is 20.7 Å². The third kappa shape index (κ3) is 4.55. The molecule has 100 valence electrons. The van der Waals surface area contributed by atoms with Crippen LogP contribution in [0.25, 0.3) is 0 Å². The summed E-state index contributed by atoms with van der Waals surface area (Å²) >= 11 is 3.42. The van der Waals surface area contributed by atoms with Gasteiger partial charge in [0.2, 0.25) is 10.0 Å². The molecular formula is C13H18BrNO2S. The molecular weight excluding hydrogens is 314 g/mol. The van der Waals surface area contributed by atoms with Crippen molar-refractivity contribution in [2.45, 2.75) is 32.1 Å². The van der Waals surface area contributed by atoms with Crippen molar-refractivity contribution < 1.29 is 8.42 Å². The molecule has 18 heavy (non-hydrogen) atoms. The van der Waals surface area contributed by atoms with E-state index in [9.17, 15) is 8.42 Å². The molecule has 0 heterocycles. The van der Waals surface area contributed by atoms with Gasteiger partial charge in [0.05, 0.1) is 4.90 Å². The summed E-state index contributed by atoms with van der Waals surface area (Å²) in [6.07, 6.45) is 0.660. The molecule has 0 unspecified atom stereocenters. The monoisotopic (exact) mass is 331 g/mol. The Labute approximate surface area is 117 Å². The van der Waals surface area contributed by atoms with Crippen LogP contribution in [-0.2, 0) is 10.0 Å². The van der Waals surface area contributed by atoms with Gasteiger partial charge in [-0.3, -0.25) is 0 Å². The van der Waals surface area contributed by atoms with Crippen LogP contribution in [0.3, 0.4) is 0 Å². The van der Waals surface area contributed by atoms with Crippen molar-refractivity contribution in [1.29, 1.82) is 0 Å². The van der Waals surface area contributed by atoms with E-state index in [1.165, 1.54) is 0 Å². The molecule has 1 aromatic rings. The highest BCUT2D eigenvalue weighted by molar-refractivity contribution is 9.11. The highest BCUT2D eigenvalue weighted by Crippen LogP contribution is 2.15. The lowest BCUT2D eigenvalue weighted by molar-refractivity contribution is 0.582. The Bertz CT molecular complexity index is 529. The first-order valence-electron chi connectivity index (χ1n) is 5.71. The van der Waals surface area contributed by atoms with E-state index in [-0.39, 0.29) is 0 Å². The van der Waals surface area contributed by atoms with Crippen molar-refractivity contribution in [2.24, 2.45) is 0 Å². The van der Waals surface area contributed by atoms with Gasteiger partial charge in [-0.15, -0.1) is 0 Å². The van der Waals surface area contributed by atoms with E-state index >= 15 is 0 Å². The van der Waals surface area contributed by atoms with Crippen LogP contribution in [0, 0.1) is 6.92 Å². The number of sulfonamides is 1. The summed E-state index contributed by atoms with van der Waals surface area (Å²) < 4.78 is 27.5. The summed E-state index contributed by atoms with van der Waals surface area (Å²) in [5.41, 5.74) is 2.20. The number of benzene rings is 1. The molecule has 0 amide bonds. The lowest BCUT2D eigenvalue weighted by Gasteiger charge is -2.07. The predicted octanol–water partition coefficient (Wildman–Crippen LogP) is 3.35. The Hall–Kier alpha value is -0.650. The van der Waals surface area contributed by atoms with Crippen LogP contribution in [0.5, 0.6) is 0 Å². The van der Waals surface area contributed by atoms with Gasteiger partial charge < -0.3 is 0 Å². The van der Waals surface area contributed by atoms with Gasteiger partial charge >= 0.3 is 0 Å². The fourth-order valence-electron chi connectivity index (χ4n) is 1.35. The van der Waals surface area contributed by atoms with Crippen LogP contribution in [0.4, 0.5) is 0 Å². The van der Waals surface area contributed by atoms with Crippen molar-refractivity contribution in [2.75, 3.05) is 6.54 Å². The number of hydrogen-bond acceptors (Lipinski definition) is 2. The van der Waals surface area contributed by atoms with Crippen molar-refractivity contribution in [3.05, 3.63) is 39.9 Å². The van der Waals surface area contributed by atoms with E-state index in [1.54, 1.807) is 24.3 Å². The maximum absolute atomic E-state index is 12.0. The van der Waals surface area contributed by atoms with Gasteiger partial charge in [0.25, 0.3) is 0 Å². The largest absolute Gasteiger partial charge is 0.240 e. The Morgan fingerprint density at radius 1 is 1.22 bits per heavy atom. The summed E-state index contributed by atoms with van der Waals surface area (Å²) in [7, 11) is -3.39. The molecule has 0 radical (unpaired) electrons. The minimum absolute atomic E-state index is 0.307. The molecule has 1 aromatic carbocycles. The lowest BCUT2D eigenvalue weighted by atomic mass is 10.2. The Balaban J connectivity index is 2.66. The number of halogens is 1. The molecule has 1 N–H and O–H groups in total. The topological polar surface area (TPSA) is 46.2 Å². The number of nitrogens with one attached hydrogen (secondary N) is 1. The van der Waals surface area contributed by atoms with Crippen molar-refractivity contribution in [3.8, 4) is 0 Å². The molecule has 0 atom stereocenters. The predicted molar refractivity (Wildman–Crippen MR) is 78.3 cm³/mol. The molecule has 0 aliphatic heterocycles. The molecule has 0 aromatic heterocycles. The minimum atomic E-state index is -3.39. The second kappa shape index (κ2) is 6.50. The van der Waals surface area contributed by atoms with E-state index in [0.717, 1.165) is 15.6 Å². The number of hydrogen-bond donors (Lipinski definition) is 1. The fourth-order valence-corrected chi connectivity index (χ4v) is 2.58. The van der Waals surface area contributed by atoms with Gasteiger partial charge in [0, 0.05) is 6.54 Å². The third-order valence-corrected chi connectivity index (χ3v) is 5.18. The van der Waals surface area contributed by atoms with Gasteiger partial charge in [-0.25, -0.2) is 13.1 Å². The fraction of sp³-hybridized carbons (Fsp3) is 0.385. The molecule has 0 bridgehead atoms. The van der Waals surface area contributed by atoms with Gasteiger partial charge in [-0.05, 0) is 43.8 Å². The summed E-state index contributed by atoms with van der Waals surface area (Å²) in [4.78, 5) is 0.307. The third-order valence-electron chi connectivity index (χ3n) is 2.51. The number of rotatable bonds is 5. The van der Waals surface area contributed by atoms with Gasteiger partial charge in [-0.2, -0.15) is 0 Å². The second-order valence-electron chi connectivity index (χ2n) is 4.37. The van der Waals surface area contributed by atoms with E-state index < -0.39 is 10.0 Å². The van der Waals surface area contributed by atoms with Crippen LogP contribution >= 0.6 is 15.9 Å². The Morgan fingerprint density at radius 2 is 1.78 bits per heavy atom. The molecule has 3 nitrogen and oxygen atoms in total. The average molecular weight is 332 g/mol. The molecule has 0 spiro atoms. The van der Waals surface area contributed by atoms with Crippen molar-refractivity contribution >= 4 is 26.0 Å². The summed E-state index contributed by atoms with van der Waals surface area (Å²) in [5.74, 6) is 0. The average Bonchev–Trinajstić information content (AvgIpc) is 2.29. The Morgan fingerprint density at radius 3 is 2.28 bits per heavy atom.